The lowest BCUT2D eigenvalue weighted by Gasteiger charge is -2.16. The van der Waals surface area contributed by atoms with Gasteiger partial charge in [0.2, 0.25) is 0 Å². The van der Waals surface area contributed by atoms with Crippen LogP contribution < -0.4 is 0 Å². The van der Waals surface area contributed by atoms with Crippen LogP contribution in [0.5, 0.6) is 0 Å². The molecule has 0 spiro atoms. The fourth-order valence-electron chi connectivity index (χ4n) is 1.45. The number of hydrogen-bond donors (Lipinski definition) is 0. The topological polar surface area (TPSA) is 26.3 Å². The Hall–Kier alpha value is -0.790. The number of esters is 1. The first-order chi connectivity index (χ1) is 5.24. The summed E-state index contributed by atoms with van der Waals surface area (Å²) in [6, 6.07) is 0. The van der Waals surface area contributed by atoms with Crippen molar-refractivity contribution in [3.63, 3.8) is 0 Å². The molecule has 0 aliphatic heterocycles. The lowest BCUT2D eigenvalue weighted by atomic mass is 9.91. The summed E-state index contributed by atoms with van der Waals surface area (Å²) in [7, 11) is 1.44. The number of carbonyl (C=O) groups excluding carboxylic acids is 1. The van der Waals surface area contributed by atoms with Crippen LogP contribution in [0.4, 0.5) is 0 Å². The SMILES string of the molecule is COC(=O)C1C=C(C)CCC1. The van der Waals surface area contributed by atoms with Crippen LogP contribution in [-0.2, 0) is 9.53 Å². The molecule has 2 nitrogen and oxygen atoms in total. The summed E-state index contributed by atoms with van der Waals surface area (Å²) in [5, 5.41) is 0. The molecule has 0 fully saturated rings. The average molecular weight is 154 g/mol. The molecule has 1 rings (SSSR count). The Morgan fingerprint density at radius 3 is 3.00 bits per heavy atom. The molecular weight excluding hydrogens is 140 g/mol. The van der Waals surface area contributed by atoms with E-state index in [4.69, 9.17) is 0 Å². The van der Waals surface area contributed by atoms with Crippen molar-refractivity contribution >= 4 is 5.97 Å². The largest absolute Gasteiger partial charge is 0.469 e. The second-order valence-corrected chi connectivity index (χ2v) is 3.03. The van der Waals surface area contributed by atoms with Crippen molar-refractivity contribution in [1.29, 1.82) is 0 Å². The van der Waals surface area contributed by atoms with E-state index in [1.807, 2.05) is 6.08 Å². The molecule has 0 amide bonds. The van der Waals surface area contributed by atoms with Crippen LogP contribution in [0.1, 0.15) is 26.2 Å². The van der Waals surface area contributed by atoms with Crippen LogP contribution in [0.2, 0.25) is 0 Å². The molecule has 0 heterocycles. The Morgan fingerprint density at radius 2 is 2.45 bits per heavy atom. The smallest absolute Gasteiger partial charge is 0.312 e. The van der Waals surface area contributed by atoms with Crippen molar-refractivity contribution in [3.05, 3.63) is 11.6 Å². The predicted molar refractivity (Wildman–Crippen MR) is 43.1 cm³/mol. The van der Waals surface area contributed by atoms with Gasteiger partial charge in [-0.25, -0.2) is 0 Å². The van der Waals surface area contributed by atoms with E-state index in [-0.39, 0.29) is 11.9 Å². The summed E-state index contributed by atoms with van der Waals surface area (Å²) in [6.45, 7) is 2.06. The Morgan fingerprint density at radius 1 is 1.73 bits per heavy atom. The maximum absolute atomic E-state index is 11.0. The molecule has 0 radical (unpaired) electrons. The molecule has 1 aliphatic rings. The lowest BCUT2D eigenvalue weighted by Crippen LogP contribution is -2.16. The molecule has 0 aromatic rings. The van der Waals surface area contributed by atoms with Gasteiger partial charge in [-0.05, 0) is 26.2 Å². The van der Waals surface area contributed by atoms with Gasteiger partial charge in [0.1, 0.15) is 0 Å². The van der Waals surface area contributed by atoms with Crippen molar-refractivity contribution < 1.29 is 9.53 Å². The molecule has 1 aliphatic carbocycles. The first kappa shape index (κ1) is 8.31. The third kappa shape index (κ3) is 2.07. The van der Waals surface area contributed by atoms with Crippen molar-refractivity contribution in [2.24, 2.45) is 5.92 Å². The van der Waals surface area contributed by atoms with Gasteiger partial charge in [-0.15, -0.1) is 0 Å². The first-order valence-electron chi connectivity index (χ1n) is 3.99. The highest BCUT2D eigenvalue weighted by atomic mass is 16.5. The number of allylic oxidation sites excluding steroid dienone is 1. The third-order valence-corrected chi connectivity index (χ3v) is 2.08. The van der Waals surface area contributed by atoms with Crippen molar-refractivity contribution in [3.8, 4) is 0 Å². The van der Waals surface area contributed by atoms with Gasteiger partial charge in [0.05, 0.1) is 13.0 Å². The van der Waals surface area contributed by atoms with Crippen molar-refractivity contribution in [2.45, 2.75) is 26.2 Å². The summed E-state index contributed by atoms with van der Waals surface area (Å²) in [6.07, 6.45) is 5.22. The monoisotopic (exact) mass is 154 g/mol. The fourth-order valence-corrected chi connectivity index (χ4v) is 1.45. The minimum atomic E-state index is -0.0935. The van der Waals surface area contributed by atoms with E-state index in [9.17, 15) is 4.79 Å². The van der Waals surface area contributed by atoms with Crippen LogP contribution in [-0.4, -0.2) is 13.1 Å². The standard InChI is InChI=1S/C9H14O2/c1-7-4-3-5-8(6-7)9(10)11-2/h6,8H,3-5H2,1-2H3. The van der Waals surface area contributed by atoms with Crippen molar-refractivity contribution in [2.75, 3.05) is 7.11 Å². The van der Waals surface area contributed by atoms with E-state index in [0.717, 1.165) is 19.3 Å². The Bertz CT molecular complexity index is 182. The second kappa shape index (κ2) is 3.56. The zero-order chi connectivity index (χ0) is 8.27. The Kier molecular flexibility index (Phi) is 2.69. The average Bonchev–Trinajstić information content (AvgIpc) is 2.03. The Balaban J connectivity index is 2.59. The molecule has 1 unspecified atom stereocenters. The highest BCUT2D eigenvalue weighted by Gasteiger charge is 2.19. The van der Waals surface area contributed by atoms with Gasteiger partial charge in [-0.3, -0.25) is 4.79 Å². The number of rotatable bonds is 1. The van der Waals surface area contributed by atoms with Crippen molar-refractivity contribution in [1.82, 2.24) is 0 Å². The zero-order valence-electron chi connectivity index (χ0n) is 7.09. The predicted octanol–water partition coefficient (Wildman–Crippen LogP) is 1.91. The van der Waals surface area contributed by atoms with E-state index in [1.54, 1.807) is 0 Å². The summed E-state index contributed by atoms with van der Waals surface area (Å²) < 4.78 is 4.65. The van der Waals surface area contributed by atoms with E-state index in [1.165, 1.54) is 12.7 Å². The van der Waals surface area contributed by atoms with Gasteiger partial charge in [0, 0.05) is 0 Å². The minimum Gasteiger partial charge on any atom is -0.469 e. The number of carbonyl (C=O) groups is 1. The van der Waals surface area contributed by atoms with Gasteiger partial charge in [0.15, 0.2) is 0 Å². The van der Waals surface area contributed by atoms with Gasteiger partial charge in [-0.2, -0.15) is 0 Å². The normalized spacial score (nSPS) is 24.2. The molecule has 0 aromatic heterocycles. The van der Waals surface area contributed by atoms with Crippen LogP contribution in [0, 0.1) is 5.92 Å². The molecule has 11 heavy (non-hydrogen) atoms. The Labute approximate surface area is 67.2 Å². The molecule has 0 saturated carbocycles. The van der Waals surface area contributed by atoms with E-state index >= 15 is 0 Å². The molecule has 0 bridgehead atoms. The van der Waals surface area contributed by atoms with Crippen LogP contribution in [0.15, 0.2) is 11.6 Å². The molecular formula is C9H14O2. The molecule has 62 valence electrons. The summed E-state index contributed by atoms with van der Waals surface area (Å²) >= 11 is 0. The molecule has 0 saturated heterocycles. The molecule has 2 heteroatoms. The van der Waals surface area contributed by atoms with Gasteiger partial charge in [0.25, 0.3) is 0 Å². The quantitative estimate of drug-likeness (QED) is 0.426. The summed E-state index contributed by atoms with van der Waals surface area (Å²) in [5.41, 5.74) is 1.31. The molecule has 0 aromatic carbocycles. The first-order valence-corrected chi connectivity index (χ1v) is 3.99. The number of ether oxygens (including phenoxy) is 1. The second-order valence-electron chi connectivity index (χ2n) is 3.03. The van der Waals surface area contributed by atoms with Crippen LogP contribution in [0.25, 0.3) is 0 Å². The van der Waals surface area contributed by atoms with Crippen LogP contribution in [0.3, 0.4) is 0 Å². The van der Waals surface area contributed by atoms with E-state index in [2.05, 4.69) is 11.7 Å². The lowest BCUT2D eigenvalue weighted by molar-refractivity contribution is -0.144. The van der Waals surface area contributed by atoms with E-state index < -0.39 is 0 Å². The maximum Gasteiger partial charge on any atom is 0.312 e. The summed E-state index contributed by atoms with van der Waals surface area (Å²) in [4.78, 5) is 11.0. The fraction of sp³-hybridized carbons (Fsp3) is 0.667. The minimum absolute atomic E-state index is 0.0220. The highest BCUT2D eigenvalue weighted by molar-refractivity contribution is 5.74. The number of methoxy groups -OCH3 is 1. The van der Waals surface area contributed by atoms with E-state index in [0.29, 0.717) is 0 Å². The third-order valence-electron chi connectivity index (χ3n) is 2.08. The molecule has 1 atom stereocenters. The number of hydrogen-bond acceptors (Lipinski definition) is 2. The van der Waals surface area contributed by atoms with Gasteiger partial charge < -0.3 is 4.74 Å². The summed E-state index contributed by atoms with van der Waals surface area (Å²) in [5.74, 6) is -0.0715. The highest BCUT2D eigenvalue weighted by Crippen LogP contribution is 2.22. The van der Waals surface area contributed by atoms with Gasteiger partial charge >= 0.3 is 5.97 Å². The van der Waals surface area contributed by atoms with Crippen LogP contribution >= 0.6 is 0 Å². The maximum atomic E-state index is 11.0. The van der Waals surface area contributed by atoms with Gasteiger partial charge in [-0.1, -0.05) is 11.6 Å². The molecule has 0 N–H and O–H groups in total. The zero-order valence-corrected chi connectivity index (χ0v) is 7.09.